The quantitative estimate of drug-likeness (QED) is 0.820. The van der Waals surface area contributed by atoms with Crippen molar-refractivity contribution in [2.45, 2.75) is 12.8 Å². The van der Waals surface area contributed by atoms with Crippen molar-refractivity contribution >= 4 is 17.2 Å². The van der Waals surface area contributed by atoms with Crippen LogP contribution in [0.5, 0.6) is 0 Å². The van der Waals surface area contributed by atoms with E-state index in [0.29, 0.717) is 22.7 Å². The highest BCUT2D eigenvalue weighted by atomic mass is 19.1. The van der Waals surface area contributed by atoms with Crippen LogP contribution in [-0.2, 0) is 4.79 Å². The highest BCUT2D eigenvalue weighted by molar-refractivity contribution is 5.99. The normalized spacial score (nSPS) is 18.0. The lowest BCUT2D eigenvalue weighted by molar-refractivity contribution is -0.127. The molecule has 0 radical (unpaired) electrons. The Balaban J connectivity index is 1.55. The molecule has 1 aliphatic carbocycles. The lowest BCUT2D eigenvalue weighted by Gasteiger charge is -2.36. The number of benzene rings is 2. The van der Waals surface area contributed by atoms with E-state index in [0.717, 1.165) is 30.2 Å². The smallest absolute Gasteiger partial charge is 0.273 e. The molecule has 0 spiro atoms. The van der Waals surface area contributed by atoms with Crippen LogP contribution in [0.4, 0.5) is 8.78 Å². The molecule has 148 valence electrons. The van der Waals surface area contributed by atoms with Gasteiger partial charge in [0, 0.05) is 34.9 Å². The van der Waals surface area contributed by atoms with E-state index in [4.69, 9.17) is 5.26 Å². The molecule has 2 N–H and O–H groups in total. The van der Waals surface area contributed by atoms with E-state index in [9.17, 15) is 13.6 Å². The number of nitrogens with one attached hydrogen (secondary N) is 2. The molecule has 2 aliphatic heterocycles. The van der Waals surface area contributed by atoms with Crippen LogP contribution < -0.4 is 10.7 Å². The minimum atomic E-state index is -0.653. The second kappa shape index (κ2) is 6.85. The molecule has 1 fully saturated rings. The maximum Gasteiger partial charge on any atom is 0.273 e. The SMILES string of the molecule is N#Cc1ccc(C2=CC(=O)N3NC(C4CC4)=C(c4ccc(F)cc4F)C=C3N2)cc1. The van der Waals surface area contributed by atoms with Crippen LogP contribution in [0.15, 0.2) is 66.1 Å². The van der Waals surface area contributed by atoms with E-state index < -0.39 is 11.6 Å². The first-order valence-electron chi connectivity index (χ1n) is 9.55. The summed E-state index contributed by atoms with van der Waals surface area (Å²) in [7, 11) is 0. The molecule has 0 saturated heterocycles. The predicted octanol–water partition coefficient (Wildman–Crippen LogP) is 3.79. The highest BCUT2D eigenvalue weighted by Crippen LogP contribution is 2.42. The third-order valence-electron chi connectivity index (χ3n) is 5.33. The number of carbonyl (C=O) groups is 1. The molecule has 0 atom stereocenters. The summed E-state index contributed by atoms with van der Waals surface area (Å²) < 4.78 is 28.0. The number of nitriles is 1. The van der Waals surface area contributed by atoms with Gasteiger partial charge in [0.2, 0.25) is 0 Å². The molecular formula is C23H16F2N4O. The van der Waals surface area contributed by atoms with E-state index >= 15 is 0 Å². The third-order valence-corrected chi connectivity index (χ3v) is 5.33. The molecule has 2 aromatic carbocycles. The summed E-state index contributed by atoms with van der Waals surface area (Å²) >= 11 is 0. The first-order valence-corrected chi connectivity index (χ1v) is 9.55. The van der Waals surface area contributed by atoms with Crippen molar-refractivity contribution in [1.82, 2.24) is 15.8 Å². The largest absolute Gasteiger partial charge is 0.339 e. The van der Waals surface area contributed by atoms with Gasteiger partial charge < -0.3 is 5.32 Å². The molecule has 2 aromatic rings. The molecule has 5 rings (SSSR count). The molecule has 0 bridgehead atoms. The van der Waals surface area contributed by atoms with E-state index in [1.54, 1.807) is 30.3 Å². The Labute approximate surface area is 171 Å². The molecule has 30 heavy (non-hydrogen) atoms. The van der Waals surface area contributed by atoms with Gasteiger partial charge in [0.25, 0.3) is 5.91 Å². The lowest BCUT2D eigenvalue weighted by Crippen LogP contribution is -2.49. The van der Waals surface area contributed by atoms with Gasteiger partial charge in [-0.05, 0) is 48.7 Å². The average Bonchev–Trinajstić information content (AvgIpc) is 3.58. The maximum absolute atomic E-state index is 14.5. The minimum absolute atomic E-state index is 0.207. The van der Waals surface area contributed by atoms with Crippen molar-refractivity contribution in [1.29, 1.82) is 5.26 Å². The fourth-order valence-electron chi connectivity index (χ4n) is 3.64. The monoisotopic (exact) mass is 402 g/mol. The van der Waals surface area contributed by atoms with Crippen LogP contribution in [-0.4, -0.2) is 10.9 Å². The van der Waals surface area contributed by atoms with Gasteiger partial charge in [0.1, 0.15) is 17.5 Å². The van der Waals surface area contributed by atoms with Gasteiger partial charge in [-0.2, -0.15) is 5.26 Å². The summed E-state index contributed by atoms with van der Waals surface area (Å²) in [6, 6.07) is 12.4. The number of nitrogens with zero attached hydrogens (tertiary/aromatic N) is 2. The van der Waals surface area contributed by atoms with Gasteiger partial charge in [-0.1, -0.05) is 12.1 Å². The summed E-state index contributed by atoms with van der Waals surface area (Å²) in [6.45, 7) is 0. The van der Waals surface area contributed by atoms with Gasteiger partial charge in [0.05, 0.1) is 17.3 Å². The minimum Gasteiger partial charge on any atom is -0.339 e. The standard InChI is InChI=1S/C23H16F2N4O/c24-16-7-8-17(19(25)9-16)18-10-21-27-20(14-3-1-13(12-26)2-4-14)11-22(30)29(21)28-23(18)15-5-6-15/h1-4,7-11,15,27-28H,5-6H2. The number of hydrogen-bond acceptors (Lipinski definition) is 4. The Bertz CT molecular complexity index is 1200. The van der Waals surface area contributed by atoms with Crippen molar-refractivity contribution in [3.63, 3.8) is 0 Å². The Morgan fingerprint density at radius 2 is 1.83 bits per heavy atom. The molecule has 0 aromatic heterocycles. The maximum atomic E-state index is 14.5. The second-order valence-corrected chi connectivity index (χ2v) is 7.41. The fraction of sp³-hybridized carbons (Fsp3) is 0.130. The average molecular weight is 402 g/mol. The zero-order chi connectivity index (χ0) is 20.8. The van der Waals surface area contributed by atoms with Gasteiger partial charge >= 0.3 is 0 Å². The molecule has 1 saturated carbocycles. The van der Waals surface area contributed by atoms with Crippen molar-refractivity contribution < 1.29 is 13.6 Å². The number of hydrazine groups is 1. The van der Waals surface area contributed by atoms with E-state index in [1.807, 2.05) is 0 Å². The fourth-order valence-corrected chi connectivity index (χ4v) is 3.64. The molecule has 3 aliphatic rings. The first-order chi connectivity index (χ1) is 14.5. The summed E-state index contributed by atoms with van der Waals surface area (Å²) in [5.41, 5.74) is 6.61. The van der Waals surface area contributed by atoms with Crippen LogP contribution in [0.3, 0.4) is 0 Å². The number of halogens is 2. The highest BCUT2D eigenvalue weighted by Gasteiger charge is 2.36. The topological polar surface area (TPSA) is 68.2 Å². The third kappa shape index (κ3) is 3.12. The van der Waals surface area contributed by atoms with E-state index in [1.165, 1.54) is 23.2 Å². The predicted molar refractivity (Wildman–Crippen MR) is 106 cm³/mol. The first kappa shape index (κ1) is 18.1. The van der Waals surface area contributed by atoms with E-state index in [2.05, 4.69) is 16.8 Å². The summed E-state index contributed by atoms with van der Waals surface area (Å²) in [5.74, 6) is -0.903. The summed E-state index contributed by atoms with van der Waals surface area (Å²) in [5, 5.41) is 13.6. The summed E-state index contributed by atoms with van der Waals surface area (Å²) in [4.78, 5) is 12.8. The molecule has 5 nitrogen and oxygen atoms in total. The van der Waals surface area contributed by atoms with Gasteiger partial charge in [-0.25, -0.2) is 13.8 Å². The number of fused-ring (bicyclic) bond motifs is 1. The number of carbonyl (C=O) groups excluding carboxylic acids is 1. The molecule has 7 heteroatoms. The van der Waals surface area contributed by atoms with Gasteiger partial charge in [0.15, 0.2) is 0 Å². The lowest BCUT2D eigenvalue weighted by atomic mass is 9.98. The van der Waals surface area contributed by atoms with Crippen LogP contribution in [0.25, 0.3) is 11.3 Å². The van der Waals surface area contributed by atoms with Crippen molar-refractivity contribution in [2.75, 3.05) is 0 Å². The van der Waals surface area contributed by atoms with Crippen molar-refractivity contribution in [3.05, 3.63) is 94.5 Å². The Morgan fingerprint density at radius 3 is 2.50 bits per heavy atom. The van der Waals surface area contributed by atoms with Gasteiger partial charge in [-0.15, -0.1) is 0 Å². The summed E-state index contributed by atoms with van der Waals surface area (Å²) in [6.07, 6.45) is 5.08. The van der Waals surface area contributed by atoms with Crippen LogP contribution in [0.1, 0.15) is 29.5 Å². The van der Waals surface area contributed by atoms with Crippen LogP contribution in [0.2, 0.25) is 0 Å². The van der Waals surface area contributed by atoms with Crippen LogP contribution in [0, 0.1) is 28.9 Å². The Kier molecular flexibility index (Phi) is 4.14. The number of allylic oxidation sites excluding steroid dienone is 3. The Morgan fingerprint density at radius 1 is 1.07 bits per heavy atom. The molecule has 1 amide bonds. The second-order valence-electron chi connectivity index (χ2n) is 7.41. The molecule has 0 unspecified atom stereocenters. The van der Waals surface area contributed by atoms with Gasteiger partial charge in [-0.3, -0.25) is 10.2 Å². The van der Waals surface area contributed by atoms with Crippen LogP contribution >= 0.6 is 0 Å². The molecular weight excluding hydrogens is 386 g/mol. The number of rotatable bonds is 3. The number of hydrogen-bond donors (Lipinski definition) is 2. The van der Waals surface area contributed by atoms with E-state index in [-0.39, 0.29) is 17.4 Å². The zero-order valence-corrected chi connectivity index (χ0v) is 15.7. The molecule has 2 heterocycles. The zero-order valence-electron chi connectivity index (χ0n) is 15.7. The number of amides is 1. The Hall–Kier alpha value is -3.92. The van der Waals surface area contributed by atoms with Crippen molar-refractivity contribution in [3.8, 4) is 6.07 Å². The van der Waals surface area contributed by atoms with Crippen molar-refractivity contribution in [2.24, 2.45) is 5.92 Å².